The summed E-state index contributed by atoms with van der Waals surface area (Å²) in [4.78, 5) is 12.1. The van der Waals surface area contributed by atoms with Crippen LogP contribution in [0.1, 0.15) is 5.56 Å². The Morgan fingerprint density at radius 2 is 1.72 bits per heavy atom. The molecule has 0 fully saturated rings. The first-order valence-corrected chi connectivity index (χ1v) is 7.47. The monoisotopic (exact) mass is 372 g/mol. The number of carbonyl (C=O) groups is 1. The number of aryl methyl sites for hydroxylation is 1. The highest BCUT2D eigenvalue weighted by atomic mass is 35.5. The van der Waals surface area contributed by atoms with Gasteiger partial charge in [-0.05, 0) is 42.8 Å². The number of carbonyl (C=O) groups excluding carboxylic acids is 1. The number of rotatable bonds is 2. The van der Waals surface area contributed by atoms with E-state index in [1.54, 1.807) is 18.3 Å². The van der Waals surface area contributed by atoms with Crippen LogP contribution in [-0.4, -0.2) is 18.1 Å². The Morgan fingerprint density at radius 1 is 1.12 bits per heavy atom. The second kappa shape index (κ2) is 6.03. The molecular formula is C16H12ClF3N2O3. The van der Waals surface area contributed by atoms with Crippen molar-refractivity contribution in [1.82, 2.24) is 5.32 Å². The summed E-state index contributed by atoms with van der Waals surface area (Å²) in [7, 11) is 0. The molecular weight excluding hydrogens is 361 g/mol. The average Bonchev–Trinajstić information content (AvgIpc) is 2.89. The van der Waals surface area contributed by atoms with Gasteiger partial charge in [0.25, 0.3) is 0 Å². The Bertz CT molecular complexity index is 802. The topological polar surface area (TPSA) is 59.6 Å². The number of halogens is 4. The van der Waals surface area contributed by atoms with Gasteiger partial charge in [-0.3, -0.25) is 5.32 Å². The summed E-state index contributed by atoms with van der Waals surface area (Å²) >= 11 is 5.81. The highest BCUT2D eigenvalue weighted by molar-refractivity contribution is 6.30. The molecule has 2 aromatic carbocycles. The van der Waals surface area contributed by atoms with Crippen LogP contribution < -0.4 is 20.1 Å². The van der Waals surface area contributed by atoms with Crippen LogP contribution in [0.4, 0.5) is 23.7 Å². The van der Waals surface area contributed by atoms with E-state index in [4.69, 9.17) is 21.1 Å². The standard InChI is InChI=1S/C16H12ClF3N2O3/c1-9-8-10(17)6-7-11(9)21-14(23)22-16(15(18,19)20)24-12-4-2-3-5-13(12)25-16/h2-8H,1H3,(H2,21,22,23). The third-order valence-corrected chi connectivity index (χ3v) is 3.68. The minimum Gasteiger partial charge on any atom is -0.424 e. The van der Waals surface area contributed by atoms with Gasteiger partial charge in [0.2, 0.25) is 0 Å². The van der Waals surface area contributed by atoms with Crippen molar-refractivity contribution in [2.24, 2.45) is 0 Å². The van der Waals surface area contributed by atoms with Crippen molar-refractivity contribution in [3.63, 3.8) is 0 Å². The van der Waals surface area contributed by atoms with Crippen LogP contribution in [-0.2, 0) is 0 Å². The van der Waals surface area contributed by atoms with Gasteiger partial charge in [0.15, 0.2) is 11.5 Å². The molecule has 0 aliphatic carbocycles. The summed E-state index contributed by atoms with van der Waals surface area (Å²) in [5.41, 5.74) is 0.884. The van der Waals surface area contributed by atoms with Crippen LogP contribution in [0.3, 0.4) is 0 Å². The number of nitrogens with one attached hydrogen (secondary N) is 2. The molecule has 0 unspecified atom stereocenters. The van der Waals surface area contributed by atoms with E-state index in [1.807, 2.05) is 0 Å². The van der Waals surface area contributed by atoms with Crippen molar-refractivity contribution < 1.29 is 27.4 Å². The number of benzene rings is 2. The summed E-state index contributed by atoms with van der Waals surface area (Å²) in [6.07, 6.45) is -5.02. The number of anilines is 1. The Hall–Kier alpha value is -2.61. The first kappa shape index (κ1) is 17.2. The van der Waals surface area contributed by atoms with E-state index in [0.717, 1.165) is 0 Å². The summed E-state index contributed by atoms with van der Waals surface area (Å²) in [5, 5.41) is 4.47. The smallest absolute Gasteiger partial charge is 0.424 e. The van der Waals surface area contributed by atoms with Gasteiger partial charge in [-0.1, -0.05) is 23.7 Å². The first-order chi connectivity index (χ1) is 11.7. The Kier molecular flexibility index (Phi) is 4.16. The molecule has 2 N–H and O–H groups in total. The van der Waals surface area contributed by atoms with Crippen molar-refractivity contribution in [3.05, 3.63) is 53.1 Å². The fourth-order valence-electron chi connectivity index (χ4n) is 2.26. The third kappa shape index (κ3) is 3.30. The molecule has 1 aliphatic rings. The van der Waals surface area contributed by atoms with Gasteiger partial charge in [-0.2, -0.15) is 13.2 Å². The van der Waals surface area contributed by atoms with Crippen LogP contribution in [0, 0.1) is 6.92 Å². The lowest BCUT2D eigenvalue weighted by molar-refractivity contribution is -0.317. The van der Waals surface area contributed by atoms with E-state index in [1.165, 1.54) is 36.4 Å². The highest BCUT2D eigenvalue weighted by Crippen LogP contribution is 2.44. The fraction of sp³-hybridized carbons (Fsp3) is 0.188. The number of para-hydroxylation sites is 2. The normalized spacial score (nSPS) is 14.9. The maximum atomic E-state index is 13.5. The molecule has 25 heavy (non-hydrogen) atoms. The summed E-state index contributed by atoms with van der Waals surface area (Å²) in [6, 6.07) is 9.00. The zero-order valence-electron chi connectivity index (χ0n) is 12.8. The average molecular weight is 373 g/mol. The number of alkyl halides is 3. The molecule has 0 saturated heterocycles. The summed E-state index contributed by atoms with van der Waals surface area (Å²) < 4.78 is 50.3. The van der Waals surface area contributed by atoms with Crippen molar-refractivity contribution in [2.45, 2.75) is 19.0 Å². The number of urea groups is 1. The first-order valence-electron chi connectivity index (χ1n) is 7.09. The van der Waals surface area contributed by atoms with Gasteiger partial charge in [-0.25, -0.2) is 4.79 Å². The summed E-state index contributed by atoms with van der Waals surface area (Å²) in [5.74, 6) is -3.55. The van der Waals surface area contributed by atoms with Gasteiger partial charge in [0.05, 0.1) is 0 Å². The van der Waals surface area contributed by atoms with Gasteiger partial charge in [0.1, 0.15) is 0 Å². The SMILES string of the molecule is Cc1cc(Cl)ccc1NC(=O)NC1(C(F)(F)F)Oc2ccccc2O1. The molecule has 1 aliphatic heterocycles. The number of hydrogen-bond acceptors (Lipinski definition) is 3. The minimum absolute atomic E-state index is 0.122. The van der Waals surface area contributed by atoms with Crippen LogP contribution in [0.25, 0.3) is 0 Å². The van der Waals surface area contributed by atoms with Gasteiger partial charge >= 0.3 is 18.1 Å². The van der Waals surface area contributed by atoms with E-state index in [0.29, 0.717) is 16.3 Å². The second-order valence-corrected chi connectivity index (χ2v) is 5.74. The number of amides is 2. The molecule has 132 valence electrons. The van der Waals surface area contributed by atoms with Gasteiger partial charge in [-0.15, -0.1) is 0 Å². The molecule has 9 heteroatoms. The lowest BCUT2D eigenvalue weighted by Crippen LogP contribution is -2.65. The quantitative estimate of drug-likeness (QED) is 0.818. The highest BCUT2D eigenvalue weighted by Gasteiger charge is 2.65. The second-order valence-electron chi connectivity index (χ2n) is 5.30. The molecule has 0 bridgehead atoms. The minimum atomic E-state index is -5.02. The lowest BCUT2D eigenvalue weighted by Gasteiger charge is -2.29. The van der Waals surface area contributed by atoms with Gasteiger partial charge in [0, 0.05) is 10.7 Å². The van der Waals surface area contributed by atoms with E-state index in [9.17, 15) is 18.0 Å². The maximum absolute atomic E-state index is 13.5. The third-order valence-electron chi connectivity index (χ3n) is 3.44. The van der Waals surface area contributed by atoms with Crippen molar-refractivity contribution in [2.75, 3.05) is 5.32 Å². The van der Waals surface area contributed by atoms with Crippen molar-refractivity contribution >= 4 is 23.3 Å². The molecule has 3 rings (SSSR count). The Morgan fingerprint density at radius 3 is 2.24 bits per heavy atom. The molecule has 1 heterocycles. The zero-order valence-corrected chi connectivity index (χ0v) is 13.5. The van der Waals surface area contributed by atoms with Gasteiger partial charge < -0.3 is 14.8 Å². The molecule has 5 nitrogen and oxygen atoms in total. The summed E-state index contributed by atoms with van der Waals surface area (Å²) in [6.45, 7) is 1.65. The molecule has 0 saturated carbocycles. The van der Waals surface area contributed by atoms with Crippen LogP contribution in [0.2, 0.25) is 5.02 Å². The van der Waals surface area contributed by atoms with Crippen LogP contribution in [0.5, 0.6) is 11.5 Å². The van der Waals surface area contributed by atoms with E-state index in [2.05, 4.69) is 5.32 Å². The molecule has 0 spiro atoms. The van der Waals surface area contributed by atoms with E-state index in [-0.39, 0.29) is 11.5 Å². The lowest BCUT2D eigenvalue weighted by atomic mass is 10.2. The Labute approximate surface area is 145 Å². The van der Waals surface area contributed by atoms with Crippen molar-refractivity contribution in [1.29, 1.82) is 0 Å². The molecule has 0 atom stereocenters. The van der Waals surface area contributed by atoms with Crippen LogP contribution in [0.15, 0.2) is 42.5 Å². The predicted molar refractivity (Wildman–Crippen MR) is 84.8 cm³/mol. The maximum Gasteiger partial charge on any atom is 0.492 e. The molecule has 0 radical (unpaired) electrons. The largest absolute Gasteiger partial charge is 0.492 e. The van der Waals surface area contributed by atoms with E-state index < -0.39 is 18.1 Å². The fourth-order valence-corrected chi connectivity index (χ4v) is 2.48. The molecule has 2 aromatic rings. The predicted octanol–water partition coefficient (Wildman–Crippen LogP) is 4.46. The Balaban J connectivity index is 1.82. The number of hydrogen-bond donors (Lipinski definition) is 2. The molecule has 2 amide bonds. The zero-order chi connectivity index (χ0) is 18.2. The van der Waals surface area contributed by atoms with Crippen molar-refractivity contribution in [3.8, 4) is 11.5 Å². The number of ether oxygens (including phenoxy) is 2. The molecule has 0 aromatic heterocycles. The van der Waals surface area contributed by atoms with E-state index >= 15 is 0 Å². The number of fused-ring (bicyclic) bond motifs is 1. The van der Waals surface area contributed by atoms with Crippen LogP contribution >= 0.6 is 11.6 Å².